The SMILES string of the molecule is O=C(N/N=C\c1ccc(Sc2ccc(Cl)cc2)o1)c1ccc(Cl)c(Cl)c1. The van der Waals surface area contributed by atoms with Crippen LogP contribution in [0.25, 0.3) is 0 Å². The third-order valence-electron chi connectivity index (χ3n) is 3.17. The van der Waals surface area contributed by atoms with E-state index in [1.165, 1.54) is 24.0 Å². The highest BCUT2D eigenvalue weighted by molar-refractivity contribution is 7.99. The minimum absolute atomic E-state index is 0.304. The van der Waals surface area contributed by atoms with Crippen LogP contribution >= 0.6 is 46.6 Å². The summed E-state index contributed by atoms with van der Waals surface area (Å²) < 4.78 is 5.63. The molecule has 0 atom stereocenters. The number of nitrogens with zero attached hydrogens (tertiary/aromatic N) is 1. The number of carbonyl (C=O) groups excluding carboxylic acids is 1. The maximum atomic E-state index is 12.0. The zero-order valence-electron chi connectivity index (χ0n) is 13.1. The molecule has 0 spiro atoms. The average Bonchev–Trinajstić information content (AvgIpc) is 3.06. The summed E-state index contributed by atoms with van der Waals surface area (Å²) in [5, 5.41) is 5.95. The highest BCUT2D eigenvalue weighted by Crippen LogP contribution is 2.29. The third kappa shape index (κ3) is 5.05. The van der Waals surface area contributed by atoms with Crippen LogP contribution in [0.2, 0.25) is 15.1 Å². The van der Waals surface area contributed by atoms with Crippen LogP contribution in [-0.4, -0.2) is 12.1 Å². The topological polar surface area (TPSA) is 54.6 Å². The molecule has 3 aromatic rings. The number of rotatable bonds is 5. The van der Waals surface area contributed by atoms with Gasteiger partial charge in [0.25, 0.3) is 5.91 Å². The number of furan rings is 1. The normalized spacial score (nSPS) is 11.0. The van der Waals surface area contributed by atoms with E-state index < -0.39 is 5.91 Å². The van der Waals surface area contributed by atoms with Gasteiger partial charge in [0.15, 0.2) is 5.09 Å². The van der Waals surface area contributed by atoms with E-state index in [0.717, 1.165) is 4.90 Å². The summed E-state index contributed by atoms with van der Waals surface area (Å²) in [7, 11) is 0. The van der Waals surface area contributed by atoms with Crippen molar-refractivity contribution in [1.29, 1.82) is 0 Å². The van der Waals surface area contributed by atoms with Gasteiger partial charge in [0, 0.05) is 15.5 Å². The molecule has 8 heteroatoms. The molecule has 0 saturated carbocycles. The van der Waals surface area contributed by atoms with E-state index in [1.54, 1.807) is 18.2 Å². The van der Waals surface area contributed by atoms with Crippen molar-refractivity contribution in [2.45, 2.75) is 9.99 Å². The van der Waals surface area contributed by atoms with Gasteiger partial charge >= 0.3 is 0 Å². The van der Waals surface area contributed by atoms with Crippen molar-refractivity contribution in [1.82, 2.24) is 5.43 Å². The van der Waals surface area contributed by atoms with Crippen molar-refractivity contribution in [3.63, 3.8) is 0 Å². The molecule has 0 unspecified atom stereocenters. The standard InChI is InChI=1S/C18H11Cl3N2O2S/c19-12-2-5-14(6-3-12)26-17-8-4-13(25-17)10-22-23-18(24)11-1-7-15(20)16(21)9-11/h1-10H,(H,23,24)/b22-10-. The summed E-state index contributed by atoms with van der Waals surface area (Å²) in [5.74, 6) is 0.109. The van der Waals surface area contributed by atoms with Crippen molar-refractivity contribution in [3.8, 4) is 0 Å². The summed E-state index contributed by atoms with van der Waals surface area (Å²) in [6.07, 6.45) is 1.42. The molecule has 1 amide bonds. The Kier molecular flexibility index (Phi) is 6.27. The minimum Gasteiger partial charge on any atom is -0.448 e. The lowest BCUT2D eigenvalue weighted by molar-refractivity contribution is 0.0955. The Bertz CT molecular complexity index is 955. The number of hydrazone groups is 1. The van der Waals surface area contributed by atoms with Crippen LogP contribution in [0.5, 0.6) is 0 Å². The van der Waals surface area contributed by atoms with E-state index in [-0.39, 0.29) is 0 Å². The van der Waals surface area contributed by atoms with Gasteiger partial charge in [0.1, 0.15) is 5.76 Å². The zero-order valence-corrected chi connectivity index (χ0v) is 16.2. The molecule has 0 aliphatic heterocycles. The van der Waals surface area contributed by atoms with Gasteiger partial charge in [-0.2, -0.15) is 5.10 Å². The van der Waals surface area contributed by atoms with Crippen LogP contribution in [0.15, 0.2) is 74.1 Å². The molecule has 0 radical (unpaired) electrons. The van der Waals surface area contributed by atoms with Gasteiger partial charge in [-0.15, -0.1) is 0 Å². The van der Waals surface area contributed by atoms with E-state index in [9.17, 15) is 4.79 Å². The average molecular weight is 426 g/mol. The Morgan fingerprint density at radius 3 is 2.50 bits per heavy atom. The molecule has 0 aliphatic carbocycles. The Hall–Kier alpha value is -1.92. The van der Waals surface area contributed by atoms with Gasteiger partial charge in [-0.3, -0.25) is 4.79 Å². The van der Waals surface area contributed by atoms with Gasteiger partial charge in [0.05, 0.1) is 16.3 Å². The van der Waals surface area contributed by atoms with Crippen LogP contribution in [0.3, 0.4) is 0 Å². The number of amides is 1. The highest BCUT2D eigenvalue weighted by Gasteiger charge is 2.07. The quantitative estimate of drug-likeness (QED) is 0.394. The van der Waals surface area contributed by atoms with Gasteiger partial charge in [-0.1, -0.05) is 46.6 Å². The van der Waals surface area contributed by atoms with E-state index in [0.29, 0.717) is 31.5 Å². The first-order valence-electron chi connectivity index (χ1n) is 7.33. The molecule has 0 bridgehead atoms. The molecule has 132 valence electrons. The maximum Gasteiger partial charge on any atom is 0.271 e. The van der Waals surface area contributed by atoms with Crippen molar-refractivity contribution in [2.24, 2.45) is 5.10 Å². The number of hydrogen-bond acceptors (Lipinski definition) is 4. The fourth-order valence-electron chi connectivity index (χ4n) is 1.93. The van der Waals surface area contributed by atoms with Crippen molar-refractivity contribution in [2.75, 3.05) is 0 Å². The maximum absolute atomic E-state index is 12.0. The predicted octanol–water partition coefficient (Wildman–Crippen LogP) is 6.15. The molecule has 1 aromatic heterocycles. The molecule has 1 N–H and O–H groups in total. The zero-order chi connectivity index (χ0) is 18.5. The summed E-state index contributed by atoms with van der Waals surface area (Å²) in [5.41, 5.74) is 2.76. The summed E-state index contributed by atoms with van der Waals surface area (Å²) in [6.45, 7) is 0. The van der Waals surface area contributed by atoms with E-state index >= 15 is 0 Å². The molecule has 2 aromatic carbocycles. The lowest BCUT2D eigenvalue weighted by Crippen LogP contribution is -2.17. The Labute approximate surface area is 169 Å². The van der Waals surface area contributed by atoms with Crippen LogP contribution in [0, 0.1) is 0 Å². The van der Waals surface area contributed by atoms with E-state index in [2.05, 4.69) is 10.5 Å². The fourth-order valence-corrected chi connectivity index (χ4v) is 3.14. The first kappa shape index (κ1) is 18.9. The summed E-state index contributed by atoms with van der Waals surface area (Å²) >= 11 is 19.0. The lowest BCUT2D eigenvalue weighted by atomic mass is 10.2. The number of nitrogens with one attached hydrogen (secondary N) is 1. The van der Waals surface area contributed by atoms with E-state index in [1.807, 2.05) is 30.3 Å². The number of hydrogen-bond donors (Lipinski definition) is 1. The van der Waals surface area contributed by atoms with Crippen LogP contribution in [0.4, 0.5) is 0 Å². The molecule has 0 fully saturated rings. The lowest BCUT2D eigenvalue weighted by Gasteiger charge is -2.01. The Morgan fingerprint density at radius 2 is 1.77 bits per heavy atom. The molecule has 4 nitrogen and oxygen atoms in total. The highest BCUT2D eigenvalue weighted by atomic mass is 35.5. The molecule has 1 heterocycles. The molecule has 0 saturated heterocycles. The molecular formula is C18H11Cl3N2O2S. The molecule has 3 rings (SSSR count). The minimum atomic E-state index is -0.401. The third-order valence-corrected chi connectivity index (χ3v) is 5.09. The molecule has 26 heavy (non-hydrogen) atoms. The van der Waals surface area contributed by atoms with Gasteiger partial charge < -0.3 is 4.42 Å². The smallest absolute Gasteiger partial charge is 0.271 e. The van der Waals surface area contributed by atoms with Crippen molar-refractivity contribution in [3.05, 3.63) is 81.0 Å². The number of benzene rings is 2. The van der Waals surface area contributed by atoms with Crippen molar-refractivity contribution < 1.29 is 9.21 Å². The van der Waals surface area contributed by atoms with E-state index in [4.69, 9.17) is 39.2 Å². The number of halogens is 3. The second-order valence-electron chi connectivity index (χ2n) is 5.04. The van der Waals surface area contributed by atoms with Crippen LogP contribution in [0.1, 0.15) is 16.1 Å². The molecular weight excluding hydrogens is 415 g/mol. The predicted molar refractivity (Wildman–Crippen MR) is 106 cm³/mol. The van der Waals surface area contributed by atoms with Gasteiger partial charge in [-0.25, -0.2) is 5.43 Å². The fraction of sp³-hybridized carbons (Fsp3) is 0. The van der Waals surface area contributed by atoms with Gasteiger partial charge in [0.2, 0.25) is 0 Å². The second kappa shape index (κ2) is 8.64. The Balaban J connectivity index is 1.58. The van der Waals surface area contributed by atoms with Gasteiger partial charge in [-0.05, 0) is 54.6 Å². The van der Waals surface area contributed by atoms with Crippen LogP contribution in [-0.2, 0) is 0 Å². The number of carbonyl (C=O) groups is 1. The van der Waals surface area contributed by atoms with Crippen LogP contribution < -0.4 is 5.43 Å². The monoisotopic (exact) mass is 424 g/mol. The molecule has 0 aliphatic rings. The first-order chi connectivity index (χ1) is 12.5. The summed E-state index contributed by atoms with van der Waals surface area (Å²) in [6, 6.07) is 15.6. The van der Waals surface area contributed by atoms with Crippen molar-refractivity contribution >= 4 is 58.7 Å². The second-order valence-corrected chi connectivity index (χ2v) is 7.37. The Morgan fingerprint density at radius 1 is 1.00 bits per heavy atom. The largest absolute Gasteiger partial charge is 0.448 e. The first-order valence-corrected chi connectivity index (χ1v) is 9.28. The summed E-state index contributed by atoms with van der Waals surface area (Å²) in [4.78, 5) is 13.0.